The van der Waals surface area contributed by atoms with Crippen LogP contribution in [0.4, 0.5) is 14.9 Å². The van der Waals surface area contributed by atoms with Crippen molar-refractivity contribution >= 4 is 23.4 Å². The topological polar surface area (TPSA) is 78.5 Å². The molecule has 32 heavy (non-hydrogen) atoms. The van der Waals surface area contributed by atoms with Crippen LogP contribution < -0.4 is 10.6 Å². The third-order valence-electron chi connectivity index (χ3n) is 6.28. The first-order valence-corrected chi connectivity index (χ1v) is 11.1. The van der Waals surface area contributed by atoms with Gasteiger partial charge in [-0.1, -0.05) is 24.3 Å². The van der Waals surface area contributed by atoms with Crippen molar-refractivity contribution in [3.63, 3.8) is 0 Å². The summed E-state index contributed by atoms with van der Waals surface area (Å²) in [4.78, 5) is 39.2. The Balaban J connectivity index is 1.34. The fourth-order valence-electron chi connectivity index (χ4n) is 4.39. The molecule has 1 aliphatic heterocycles. The maximum Gasteiger partial charge on any atom is 0.320 e. The zero-order valence-corrected chi connectivity index (χ0v) is 18.2. The number of amides is 3. The first-order chi connectivity index (χ1) is 15.3. The van der Waals surface area contributed by atoms with Gasteiger partial charge in [0.1, 0.15) is 11.4 Å². The Morgan fingerprint density at radius 1 is 1.12 bits per heavy atom. The number of rotatable bonds is 6. The normalized spacial score (nSPS) is 19.2. The van der Waals surface area contributed by atoms with Crippen molar-refractivity contribution in [2.45, 2.75) is 44.6 Å². The van der Waals surface area contributed by atoms with Crippen molar-refractivity contribution in [2.75, 3.05) is 18.4 Å². The van der Waals surface area contributed by atoms with Crippen molar-refractivity contribution in [2.24, 2.45) is 5.92 Å². The number of carbonyl (C=O) groups is 3. The second-order valence-corrected chi connectivity index (χ2v) is 8.89. The van der Waals surface area contributed by atoms with Crippen molar-refractivity contribution in [3.05, 3.63) is 65.5 Å². The summed E-state index contributed by atoms with van der Waals surface area (Å²) in [5.74, 6) is -0.0449. The predicted molar refractivity (Wildman–Crippen MR) is 120 cm³/mol. The molecule has 168 valence electrons. The van der Waals surface area contributed by atoms with E-state index in [1.54, 1.807) is 36.4 Å². The molecule has 1 heterocycles. The van der Waals surface area contributed by atoms with E-state index < -0.39 is 11.6 Å². The molecule has 0 aromatic heterocycles. The molecule has 2 aromatic rings. The zero-order valence-electron chi connectivity index (χ0n) is 18.2. The van der Waals surface area contributed by atoms with Crippen molar-refractivity contribution in [3.8, 4) is 0 Å². The van der Waals surface area contributed by atoms with Crippen molar-refractivity contribution < 1.29 is 18.8 Å². The standard InChI is InChI=1S/C25H28FN3O3/c1-17(30)20-5-2-6-22(15-20)27-24(32)28-25(11-12-25)23(31)29-13-3-4-19(16-29)14-18-7-9-21(26)10-8-18/h2,5-10,15,19H,3-4,11-14,16H2,1H3,(H2,27,28,32)/t19-/m0/s1. The lowest BCUT2D eigenvalue weighted by Crippen LogP contribution is -2.54. The summed E-state index contributed by atoms with van der Waals surface area (Å²) in [5, 5.41) is 5.60. The summed E-state index contributed by atoms with van der Waals surface area (Å²) in [6, 6.07) is 12.8. The van der Waals surface area contributed by atoms with E-state index in [4.69, 9.17) is 0 Å². The summed E-state index contributed by atoms with van der Waals surface area (Å²) in [7, 11) is 0. The van der Waals surface area contributed by atoms with E-state index in [0.717, 1.165) is 24.8 Å². The van der Waals surface area contributed by atoms with E-state index in [0.29, 0.717) is 43.1 Å². The molecule has 0 radical (unpaired) electrons. The van der Waals surface area contributed by atoms with Gasteiger partial charge in [0.25, 0.3) is 0 Å². The van der Waals surface area contributed by atoms with E-state index in [-0.39, 0.29) is 17.5 Å². The number of halogens is 1. The van der Waals surface area contributed by atoms with Crippen LogP contribution in [0.2, 0.25) is 0 Å². The maximum atomic E-state index is 13.2. The molecule has 1 saturated carbocycles. The highest BCUT2D eigenvalue weighted by Gasteiger charge is 2.53. The number of hydrogen-bond acceptors (Lipinski definition) is 3. The molecule has 2 aromatic carbocycles. The Morgan fingerprint density at radius 2 is 1.88 bits per heavy atom. The third-order valence-corrected chi connectivity index (χ3v) is 6.28. The Bertz CT molecular complexity index is 1020. The van der Waals surface area contributed by atoms with Gasteiger partial charge in [0.15, 0.2) is 5.78 Å². The second kappa shape index (κ2) is 9.10. The fourth-order valence-corrected chi connectivity index (χ4v) is 4.39. The highest BCUT2D eigenvalue weighted by molar-refractivity contribution is 5.99. The molecule has 6 nitrogen and oxygen atoms in total. The third kappa shape index (κ3) is 5.15. The highest BCUT2D eigenvalue weighted by atomic mass is 19.1. The summed E-state index contributed by atoms with van der Waals surface area (Å²) < 4.78 is 13.2. The van der Waals surface area contributed by atoms with Crippen LogP contribution in [-0.4, -0.2) is 41.2 Å². The van der Waals surface area contributed by atoms with E-state index in [2.05, 4.69) is 10.6 Å². The van der Waals surface area contributed by atoms with Crippen LogP contribution in [0.5, 0.6) is 0 Å². The Morgan fingerprint density at radius 3 is 2.56 bits per heavy atom. The number of hydrogen-bond donors (Lipinski definition) is 2. The smallest absolute Gasteiger partial charge is 0.320 e. The van der Waals surface area contributed by atoms with E-state index in [1.807, 2.05) is 4.90 Å². The van der Waals surface area contributed by atoms with Crippen LogP contribution in [0.15, 0.2) is 48.5 Å². The van der Waals surface area contributed by atoms with Gasteiger partial charge in [-0.2, -0.15) is 0 Å². The minimum Gasteiger partial charge on any atom is -0.340 e. The number of carbonyl (C=O) groups excluding carboxylic acids is 3. The molecule has 3 amide bonds. The number of nitrogens with one attached hydrogen (secondary N) is 2. The van der Waals surface area contributed by atoms with Crippen molar-refractivity contribution in [1.82, 2.24) is 10.2 Å². The lowest BCUT2D eigenvalue weighted by molar-refractivity contribution is -0.136. The number of piperidine rings is 1. The van der Waals surface area contributed by atoms with Gasteiger partial charge in [-0.15, -0.1) is 0 Å². The molecule has 0 unspecified atom stereocenters. The number of anilines is 1. The van der Waals surface area contributed by atoms with Gasteiger partial charge in [-0.3, -0.25) is 9.59 Å². The average Bonchev–Trinajstić information content (AvgIpc) is 3.55. The molecule has 1 saturated heterocycles. The van der Waals surface area contributed by atoms with E-state index in [9.17, 15) is 18.8 Å². The average molecular weight is 438 g/mol. The fraction of sp³-hybridized carbons (Fsp3) is 0.400. The molecule has 0 spiro atoms. The quantitative estimate of drug-likeness (QED) is 0.666. The predicted octanol–water partition coefficient (Wildman–Crippen LogP) is 4.16. The minimum atomic E-state index is -0.847. The number of likely N-dealkylation sites (tertiary alicyclic amines) is 1. The first kappa shape index (κ1) is 22.0. The molecule has 1 aliphatic carbocycles. The van der Waals surface area contributed by atoms with Crippen LogP contribution in [0.3, 0.4) is 0 Å². The van der Waals surface area contributed by atoms with Crippen LogP contribution in [0.1, 0.15) is 48.5 Å². The number of Topliss-reactive ketones (excluding diaryl/α,β-unsaturated/α-hetero) is 1. The van der Waals surface area contributed by atoms with Crippen LogP contribution in [-0.2, 0) is 11.2 Å². The maximum absolute atomic E-state index is 13.2. The number of ketones is 1. The summed E-state index contributed by atoms with van der Waals surface area (Å²) in [6.07, 6.45) is 3.97. The largest absolute Gasteiger partial charge is 0.340 e. The molecule has 1 atom stereocenters. The van der Waals surface area contributed by atoms with Gasteiger partial charge in [0.05, 0.1) is 0 Å². The summed E-state index contributed by atoms with van der Waals surface area (Å²) >= 11 is 0. The number of urea groups is 1. The SMILES string of the molecule is CC(=O)c1cccc(NC(=O)NC2(C(=O)N3CCC[C@@H](Cc4ccc(F)cc4)C3)CC2)c1. The lowest BCUT2D eigenvalue weighted by atomic mass is 9.91. The van der Waals surface area contributed by atoms with Gasteiger partial charge in [-0.05, 0) is 74.8 Å². The van der Waals surface area contributed by atoms with Gasteiger partial charge in [-0.25, -0.2) is 9.18 Å². The first-order valence-electron chi connectivity index (χ1n) is 11.1. The molecule has 7 heteroatoms. The molecule has 2 N–H and O–H groups in total. The summed E-state index contributed by atoms with van der Waals surface area (Å²) in [6.45, 7) is 2.80. The van der Waals surface area contributed by atoms with Gasteiger partial charge >= 0.3 is 6.03 Å². The Labute approximate surface area is 187 Å². The van der Waals surface area contributed by atoms with Gasteiger partial charge in [0.2, 0.25) is 5.91 Å². The molecule has 2 fully saturated rings. The molecule has 4 rings (SSSR count). The molecule has 0 bridgehead atoms. The molecule has 2 aliphatic rings. The Kier molecular flexibility index (Phi) is 6.26. The summed E-state index contributed by atoms with van der Waals surface area (Å²) in [5.41, 5.74) is 1.24. The minimum absolute atomic E-state index is 0.0334. The van der Waals surface area contributed by atoms with Gasteiger partial charge < -0.3 is 15.5 Å². The van der Waals surface area contributed by atoms with Crippen molar-refractivity contribution in [1.29, 1.82) is 0 Å². The second-order valence-electron chi connectivity index (χ2n) is 8.89. The lowest BCUT2D eigenvalue weighted by Gasteiger charge is -2.35. The Hall–Kier alpha value is -3.22. The van der Waals surface area contributed by atoms with Crippen LogP contribution in [0, 0.1) is 11.7 Å². The van der Waals surface area contributed by atoms with Gasteiger partial charge in [0, 0.05) is 24.3 Å². The highest BCUT2D eigenvalue weighted by Crippen LogP contribution is 2.38. The molecular weight excluding hydrogens is 409 g/mol. The van der Waals surface area contributed by atoms with E-state index in [1.165, 1.54) is 19.1 Å². The van der Waals surface area contributed by atoms with Crippen LogP contribution >= 0.6 is 0 Å². The monoisotopic (exact) mass is 437 g/mol. The molecular formula is C25H28FN3O3. The van der Waals surface area contributed by atoms with Crippen LogP contribution in [0.25, 0.3) is 0 Å². The zero-order chi connectivity index (χ0) is 22.7. The van der Waals surface area contributed by atoms with E-state index >= 15 is 0 Å². The number of nitrogens with zero attached hydrogens (tertiary/aromatic N) is 1. The number of benzene rings is 2.